The molecule has 0 aliphatic carbocycles. The Morgan fingerprint density at radius 2 is 2.04 bits per heavy atom. The number of aryl methyl sites for hydroxylation is 1. The van der Waals surface area contributed by atoms with Gasteiger partial charge in [-0.1, -0.05) is 18.2 Å². The van der Waals surface area contributed by atoms with Gasteiger partial charge in [-0.2, -0.15) is 0 Å². The summed E-state index contributed by atoms with van der Waals surface area (Å²) in [4.78, 5) is 18.7. The highest BCUT2D eigenvalue weighted by Gasteiger charge is 2.13. The third-order valence-corrected chi connectivity index (χ3v) is 4.18. The fourth-order valence-electron chi connectivity index (χ4n) is 2.80. The van der Waals surface area contributed by atoms with E-state index in [0.29, 0.717) is 6.54 Å². The van der Waals surface area contributed by atoms with Gasteiger partial charge in [-0.25, -0.2) is 4.98 Å². The molecule has 2 aromatic rings. The van der Waals surface area contributed by atoms with E-state index in [9.17, 15) is 4.79 Å². The summed E-state index contributed by atoms with van der Waals surface area (Å²) in [5.74, 6) is 1.61. The van der Waals surface area contributed by atoms with Crippen LogP contribution in [0.5, 0.6) is 5.75 Å². The van der Waals surface area contributed by atoms with Gasteiger partial charge >= 0.3 is 0 Å². The normalized spacial score (nSPS) is 13.8. The largest absolute Gasteiger partial charge is 0.484 e. The van der Waals surface area contributed by atoms with E-state index in [-0.39, 0.29) is 12.5 Å². The lowest BCUT2D eigenvalue weighted by atomic mass is 10.2. The highest BCUT2D eigenvalue weighted by molar-refractivity contribution is 5.77. The Morgan fingerprint density at radius 3 is 2.83 bits per heavy atom. The summed E-state index contributed by atoms with van der Waals surface area (Å²) in [5.41, 5.74) is 2.07. The van der Waals surface area contributed by atoms with Crippen molar-refractivity contribution in [2.45, 2.75) is 26.3 Å². The lowest BCUT2D eigenvalue weighted by Crippen LogP contribution is -2.28. The first-order valence-electron chi connectivity index (χ1n) is 8.37. The quantitative estimate of drug-likeness (QED) is 0.887. The first-order valence-corrected chi connectivity index (χ1v) is 8.37. The number of para-hydroxylation sites is 1. The number of hydrogen-bond acceptors (Lipinski definition) is 4. The molecule has 126 valence electrons. The Hall–Kier alpha value is -2.56. The molecule has 0 unspecified atom stereocenters. The number of nitrogens with zero attached hydrogens (tertiary/aromatic N) is 2. The SMILES string of the molecule is Cc1ccccc1OCC(=O)NCc1ccnc(N2CCCC2)c1. The molecule has 0 atom stereocenters. The molecule has 2 heterocycles. The maximum atomic E-state index is 12.0. The minimum absolute atomic E-state index is 0.0227. The number of carbonyl (C=O) groups excluding carboxylic acids is 1. The molecule has 1 aromatic heterocycles. The maximum absolute atomic E-state index is 12.0. The number of nitrogens with one attached hydrogen (secondary N) is 1. The second-order valence-corrected chi connectivity index (χ2v) is 6.05. The summed E-state index contributed by atoms with van der Waals surface area (Å²) < 4.78 is 5.56. The Kier molecular flexibility index (Phi) is 5.31. The number of aromatic nitrogens is 1. The monoisotopic (exact) mass is 325 g/mol. The molecule has 0 radical (unpaired) electrons. The van der Waals surface area contributed by atoms with E-state index in [1.807, 2.05) is 43.3 Å². The van der Waals surface area contributed by atoms with Crippen molar-refractivity contribution >= 4 is 11.7 Å². The van der Waals surface area contributed by atoms with Gasteiger partial charge in [0.15, 0.2) is 6.61 Å². The van der Waals surface area contributed by atoms with Gasteiger partial charge in [-0.15, -0.1) is 0 Å². The zero-order chi connectivity index (χ0) is 16.8. The number of carbonyl (C=O) groups is 1. The molecule has 1 aliphatic heterocycles. The fraction of sp³-hybridized carbons (Fsp3) is 0.368. The summed E-state index contributed by atoms with van der Waals surface area (Å²) in [6, 6.07) is 11.7. The van der Waals surface area contributed by atoms with Gasteiger partial charge in [0.05, 0.1) is 0 Å². The van der Waals surface area contributed by atoms with Crippen LogP contribution in [-0.2, 0) is 11.3 Å². The van der Waals surface area contributed by atoms with Crippen LogP contribution >= 0.6 is 0 Å². The molecule has 1 saturated heterocycles. The van der Waals surface area contributed by atoms with Crippen LogP contribution in [0.1, 0.15) is 24.0 Å². The van der Waals surface area contributed by atoms with Gasteiger partial charge in [0.2, 0.25) is 0 Å². The Labute approximate surface area is 142 Å². The average Bonchev–Trinajstić information content (AvgIpc) is 3.14. The van der Waals surface area contributed by atoms with Crippen LogP contribution in [0.2, 0.25) is 0 Å². The van der Waals surface area contributed by atoms with E-state index >= 15 is 0 Å². The van der Waals surface area contributed by atoms with Crippen LogP contribution in [0.4, 0.5) is 5.82 Å². The van der Waals surface area contributed by atoms with Gasteiger partial charge in [-0.05, 0) is 49.1 Å². The predicted octanol–water partition coefficient (Wildman–Crippen LogP) is 2.69. The Morgan fingerprint density at radius 1 is 1.25 bits per heavy atom. The molecule has 0 spiro atoms. The molecular weight excluding hydrogens is 302 g/mol. The molecule has 3 rings (SSSR count). The lowest BCUT2D eigenvalue weighted by molar-refractivity contribution is -0.123. The number of pyridine rings is 1. The molecule has 5 nitrogen and oxygen atoms in total. The van der Waals surface area contributed by atoms with Crippen molar-refractivity contribution in [3.63, 3.8) is 0 Å². The fourth-order valence-corrected chi connectivity index (χ4v) is 2.80. The second-order valence-electron chi connectivity index (χ2n) is 6.05. The molecule has 1 amide bonds. The van der Waals surface area contributed by atoms with Crippen LogP contribution in [-0.4, -0.2) is 30.6 Å². The third kappa shape index (κ3) is 4.25. The lowest BCUT2D eigenvalue weighted by Gasteiger charge is -2.17. The molecule has 0 bridgehead atoms. The molecule has 24 heavy (non-hydrogen) atoms. The van der Waals surface area contributed by atoms with Crippen LogP contribution < -0.4 is 15.0 Å². The molecule has 1 fully saturated rings. The van der Waals surface area contributed by atoms with Crippen molar-refractivity contribution in [1.82, 2.24) is 10.3 Å². The number of amides is 1. The van der Waals surface area contributed by atoms with E-state index in [0.717, 1.165) is 35.8 Å². The van der Waals surface area contributed by atoms with E-state index in [2.05, 4.69) is 15.2 Å². The molecular formula is C19H23N3O2. The molecule has 1 N–H and O–H groups in total. The maximum Gasteiger partial charge on any atom is 0.258 e. The van der Waals surface area contributed by atoms with Crippen molar-refractivity contribution in [2.75, 3.05) is 24.6 Å². The first-order chi connectivity index (χ1) is 11.7. The second kappa shape index (κ2) is 7.81. The molecule has 1 aromatic carbocycles. The number of ether oxygens (including phenoxy) is 1. The van der Waals surface area contributed by atoms with E-state index in [4.69, 9.17) is 4.74 Å². The number of rotatable bonds is 6. The van der Waals surface area contributed by atoms with Gasteiger partial charge in [0.25, 0.3) is 5.91 Å². The van der Waals surface area contributed by atoms with Crippen molar-refractivity contribution < 1.29 is 9.53 Å². The van der Waals surface area contributed by atoms with Crippen LogP contribution in [0.15, 0.2) is 42.6 Å². The Bertz CT molecular complexity index is 697. The van der Waals surface area contributed by atoms with Gasteiger partial charge in [0.1, 0.15) is 11.6 Å². The number of hydrogen-bond donors (Lipinski definition) is 1. The first kappa shape index (κ1) is 16.3. The minimum Gasteiger partial charge on any atom is -0.484 e. The van der Waals surface area contributed by atoms with E-state index < -0.39 is 0 Å². The van der Waals surface area contributed by atoms with E-state index in [1.165, 1.54) is 12.8 Å². The Balaban J connectivity index is 1.49. The van der Waals surface area contributed by atoms with Crippen molar-refractivity contribution in [3.05, 3.63) is 53.7 Å². The van der Waals surface area contributed by atoms with Gasteiger partial charge < -0.3 is 15.0 Å². The van der Waals surface area contributed by atoms with Crippen molar-refractivity contribution in [1.29, 1.82) is 0 Å². The van der Waals surface area contributed by atoms with Crippen LogP contribution in [0, 0.1) is 6.92 Å². The van der Waals surface area contributed by atoms with Crippen molar-refractivity contribution in [2.24, 2.45) is 0 Å². The van der Waals surface area contributed by atoms with E-state index in [1.54, 1.807) is 6.20 Å². The average molecular weight is 325 g/mol. The predicted molar refractivity (Wildman–Crippen MR) is 94.2 cm³/mol. The number of benzene rings is 1. The number of anilines is 1. The summed E-state index contributed by atoms with van der Waals surface area (Å²) in [5, 5.41) is 2.90. The third-order valence-electron chi connectivity index (χ3n) is 4.18. The highest BCUT2D eigenvalue weighted by atomic mass is 16.5. The summed E-state index contributed by atoms with van der Waals surface area (Å²) in [7, 11) is 0. The van der Waals surface area contributed by atoms with Crippen LogP contribution in [0.3, 0.4) is 0 Å². The smallest absolute Gasteiger partial charge is 0.258 e. The summed E-state index contributed by atoms with van der Waals surface area (Å²) in [6.45, 7) is 4.60. The summed E-state index contributed by atoms with van der Waals surface area (Å²) >= 11 is 0. The highest BCUT2D eigenvalue weighted by Crippen LogP contribution is 2.18. The molecule has 0 saturated carbocycles. The summed E-state index contributed by atoms with van der Waals surface area (Å²) in [6.07, 6.45) is 4.25. The van der Waals surface area contributed by atoms with Gasteiger partial charge in [-0.3, -0.25) is 4.79 Å². The zero-order valence-corrected chi connectivity index (χ0v) is 14.0. The zero-order valence-electron chi connectivity index (χ0n) is 14.0. The van der Waals surface area contributed by atoms with Crippen molar-refractivity contribution in [3.8, 4) is 5.75 Å². The minimum atomic E-state index is -0.127. The molecule has 5 heteroatoms. The van der Waals surface area contributed by atoms with Crippen LogP contribution in [0.25, 0.3) is 0 Å². The molecule has 1 aliphatic rings. The standard InChI is InChI=1S/C19H23N3O2/c1-15-6-2-3-7-17(15)24-14-19(23)21-13-16-8-9-20-18(12-16)22-10-4-5-11-22/h2-3,6-9,12H,4-5,10-11,13-14H2,1H3,(H,21,23). The van der Waals surface area contributed by atoms with Gasteiger partial charge in [0, 0.05) is 25.8 Å². The topological polar surface area (TPSA) is 54.5 Å².